The molecule has 0 spiro atoms. The first-order chi connectivity index (χ1) is 9.78. The Hall–Kier alpha value is -2.42. The van der Waals surface area contributed by atoms with E-state index in [9.17, 15) is 0 Å². The van der Waals surface area contributed by atoms with Gasteiger partial charge in [0.2, 0.25) is 0 Å². The lowest BCUT2D eigenvalue weighted by molar-refractivity contribution is 0.416. The van der Waals surface area contributed by atoms with Crippen LogP contribution in [0.15, 0.2) is 48.7 Å². The van der Waals surface area contributed by atoms with Gasteiger partial charge in [-0.15, -0.1) is 0 Å². The van der Waals surface area contributed by atoms with Gasteiger partial charge in [0.25, 0.3) is 0 Å². The standard InChI is InChI=1S/C17H18N2O/c1-12-6-7-15(16(10-12)20-2)19-11-14-5-3-4-13-8-9-18-17(13)14/h3-10,18-19H,11H2,1-2H3. The maximum atomic E-state index is 5.42. The molecule has 0 aliphatic rings. The Bertz CT molecular complexity index is 731. The number of aryl methyl sites for hydroxylation is 1. The second kappa shape index (κ2) is 5.29. The van der Waals surface area contributed by atoms with Crippen molar-refractivity contribution >= 4 is 16.6 Å². The van der Waals surface area contributed by atoms with Crippen LogP contribution in [0.2, 0.25) is 0 Å². The highest BCUT2D eigenvalue weighted by Crippen LogP contribution is 2.26. The minimum absolute atomic E-state index is 0.761. The number of hydrogen-bond donors (Lipinski definition) is 2. The van der Waals surface area contributed by atoms with E-state index in [1.807, 2.05) is 12.3 Å². The van der Waals surface area contributed by atoms with Crippen molar-refractivity contribution in [3.05, 3.63) is 59.8 Å². The van der Waals surface area contributed by atoms with Gasteiger partial charge < -0.3 is 15.0 Å². The van der Waals surface area contributed by atoms with Crippen molar-refractivity contribution in [3.63, 3.8) is 0 Å². The number of anilines is 1. The number of fused-ring (bicyclic) bond motifs is 1. The second-order valence-electron chi connectivity index (χ2n) is 4.92. The summed E-state index contributed by atoms with van der Waals surface area (Å²) in [4.78, 5) is 3.29. The number of ether oxygens (including phenoxy) is 1. The molecule has 0 amide bonds. The van der Waals surface area contributed by atoms with Gasteiger partial charge in [0.15, 0.2) is 0 Å². The molecular formula is C17H18N2O. The summed E-state index contributed by atoms with van der Waals surface area (Å²) in [5, 5.41) is 4.68. The zero-order valence-corrected chi connectivity index (χ0v) is 11.7. The largest absolute Gasteiger partial charge is 0.495 e. The van der Waals surface area contributed by atoms with Crippen molar-refractivity contribution in [1.82, 2.24) is 4.98 Å². The molecule has 0 saturated heterocycles. The van der Waals surface area contributed by atoms with Crippen LogP contribution < -0.4 is 10.1 Å². The fourth-order valence-corrected chi connectivity index (χ4v) is 2.43. The highest BCUT2D eigenvalue weighted by molar-refractivity contribution is 5.82. The third kappa shape index (κ3) is 2.35. The minimum Gasteiger partial charge on any atom is -0.495 e. The molecule has 2 N–H and O–H groups in total. The van der Waals surface area contributed by atoms with Crippen LogP contribution in [-0.2, 0) is 6.54 Å². The predicted molar refractivity (Wildman–Crippen MR) is 83.4 cm³/mol. The molecule has 0 aliphatic heterocycles. The average molecular weight is 266 g/mol. The van der Waals surface area contributed by atoms with Crippen molar-refractivity contribution in [2.75, 3.05) is 12.4 Å². The third-order valence-electron chi connectivity index (χ3n) is 3.50. The topological polar surface area (TPSA) is 37.0 Å². The average Bonchev–Trinajstić information content (AvgIpc) is 2.94. The van der Waals surface area contributed by atoms with E-state index < -0.39 is 0 Å². The van der Waals surface area contributed by atoms with Gasteiger partial charge in [0, 0.05) is 12.7 Å². The molecule has 1 heterocycles. The van der Waals surface area contributed by atoms with Gasteiger partial charge in [0.1, 0.15) is 5.75 Å². The van der Waals surface area contributed by atoms with Crippen LogP contribution in [0.5, 0.6) is 5.75 Å². The smallest absolute Gasteiger partial charge is 0.142 e. The molecule has 0 saturated carbocycles. The maximum absolute atomic E-state index is 5.42. The fourth-order valence-electron chi connectivity index (χ4n) is 2.43. The van der Waals surface area contributed by atoms with Crippen molar-refractivity contribution in [3.8, 4) is 5.75 Å². The lowest BCUT2D eigenvalue weighted by Gasteiger charge is -2.12. The first-order valence-corrected chi connectivity index (χ1v) is 6.71. The number of para-hydroxylation sites is 1. The third-order valence-corrected chi connectivity index (χ3v) is 3.50. The number of H-pyrrole nitrogens is 1. The van der Waals surface area contributed by atoms with Crippen molar-refractivity contribution in [1.29, 1.82) is 0 Å². The van der Waals surface area contributed by atoms with E-state index in [2.05, 4.69) is 53.6 Å². The summed E-state index contributed by atoms with van der Waals surface area (Å²) in [7, 11) is 1.70. The van der Waals surface area contributed by atoms with E-state index in [1.165, 1.54) is 22.0 Å². The van der Waals surface area contributed by atoms with Gasteiger partial charge in [-0.05, 0) is 41.6 Å². The molecule has 102 valence electrons. The van der Waals surface area contributed by atoms with Gasteiger partial charge in [-0.2, -0.15) is 0 Å². The summed E-state index contributed by atoms with van der Waals surface area (Å²) in [5.41, 5.74) is 4.64. The number of aromatic amines is 1. The summed E-state index contributed by atoms with van der Waals surface area (Å²) in [6, 6.07) is 14.6. The molecule has 3 heteroatoms. The van der Waals surface area contributed by atoms with Crippen LogP contribution in [0.4, 0.5) is 5.69 Å². The predicted octanol–water partition coefficient (Wildman–Crippen LogP) is 4.10. The van der Waals surface area contributed by atoms with Crippen LogP contribution in [-0.4, -0.2) is 12.1 Å². The van der Waals surface area contributed by atoms with E-state index >= 15 is 0 Å². The first kappa shape index (κ1) is 12.6. The van der Waals surface area contributed by atoms with Gasteiger partial charge in [-0.3, -0.25) is 0 Å². The number of hydrogen-bond acceptors (Lipinski definition) is 2. The van der Waals surface area contributed by atoms with E-state index in [0.717, 1.165) is 18.0 Å². The Labute approximate surface area is 118 Å². The zero-order valence-electron chi connectivity index (χ0n) is 11.7. The summed E-state index contributed by atoms with van der Waals surface area (Å²) in [5.74, 6) is 0.878. The molecule has 2 aromatic carbocycles. The Kier molecular flexibility index (Phi) is 3.33. The summed E-state index contributed by atoms with van der Waals surface area (Å²) in [6.07, 6.45) is 1.97. The van der Waals surface area contributed by atoms with E-state index in [1.54, 1.807) is 7.11 Å². The minimum atomic E-state index is 0.761. The molecule has 3 rings (SSSR count). The number of nitrogens with one attached hydrogen (secondary N) is 2. The SMILES string of the molecule is COc1cc(C)ccc1NCc1cccc2cc[nH]c12. The molecule has 0 atom stereocenters. The van der Waals surface area contributed by atoms with Gasteiger partial charge in [-0.25, -0.2) is 0 Å². The van der Waals surface area contributed by atoms with Crippen LogP contribution >= 0.6 is 0 Å². The van der Waals surface area contributed by atoms with Gasteiger partial charge in [-0.1, -0.05) is 24.3 Å². The molecule has 20 heavy (non-hydrogen) atoms. The van der Waals surface area contributed by atoms with Gasteiger partial charge in [0.05, 0.1) is 18.3 Å². The molecule has 0 fully saturated rings. The maximum Gasteiger partial charge on any atom is 0.142 e. The van der Waals surface area contributed by atoms with E-state index in [-0.39, 0.29) is 0 Å². The van der Waals surface area contributed by atoms with E-state index in [4.69, 9.17) is 4.74 Å². The molecule has 3 aromatic rings. The van der Waals surface area contributed by atoms with Crippen LogP contribution in [0.3, 0.4) is 0 Å². The number of methoxy groups -OCH3 is 1. The molecule has 0 aliphatic carbocycles. The lowest BCUT2D eigenvalue weighted by Crippen LogP contribution is -2.02. The molecule has 0 bridgehead atoms. The number of aromatic nitrogens is 1. The molecule has 1 aromatic heterocycles. The van der Waals surface area contributed by atoms with Crippen molar-refractivity contribution in [2.45, 2.75) is 13.5 Å². The molecule has 0 radical (unpaired) electrons. The molecular weight excluding hydrogens is 248 g/mol. The van der Waals surface area contributed by atoms with Crippen LogP contribution in [0.25, 0.3) is 10.9 Å². The Morgan fingerprint density at radius 3 is 2.90 bits per heavy atom. The second-order valence-corrected chi connectivity index (χ2v) is 4.92. The Morgan fingerprint density at radius 1 is 1.15 bits per heavy atom. The lowest BCUT2D eigenvalue weighted by atomic mass is 10.1. The van der Waals surface area contributed by atoms with Crippen molar-refractivity contribution < 1.29 is 4.74 Å². The number of rotatable bonds is 4. The fraction of sp³-hybridized carbons (Fsp3) is 0.176. The molecule has 0 unspecified atom stereocenters. The Morgan fingerprint density at radius 2 is 2.05 bits per heavy atom. The van der Waals surface area contributed by atoms with Crippen LogP contribution in [0.1, 0.15) is 11.1 Å². The zero-order chi connectivity index (χ0) is 13.9. The number of benzene rings is 2. The monoisotopic (exact) mass is 266 g/mol. The Balaban J connectivity index is 1.84. The van der Waals surface area contributed by atoms with E-state index in [0.29, 0.717) is 0 Å². The quantitative estimate of drug-likeness (QED) is 0.746. The molecule has 3 nitrogen and oxygen atoms in total. The summed E-state index contributed by atoms with van der Waals surface area (Å²) >= 11 is 0. The summed E-state index contributed by atoms with van der Waals surface area (Å²) in [6.45, 7) is 2.82. The normalized spacial score (nSPS) is 10.7. The summed E-state index contributed by atoms with van der Waals surface area (Å²) < 4.78 is 5.42. The first-order valence-electron chi connectivity index (χ1n) is 6.71. The highest BCUT2D eigenvalue weighted by Gasteiger charge is 2.05. The van der Waals surface area contributed by atoms with Gasteiger partial charge >= 0.3 is 0 Å². The highest BCUT2D eigenvalue weighted by atomic mass is 16.5. The van der Waals surface area contributed by atoms with Crippen molar-refractivity contribution in [2.24, 2.45) is 0 Å². The van der Waals surface area contributed by atoms with Crippen LogP contribution in [0, 0.1) is 6.92 Å².